The summed E-state index contributed by atoms with van der Waals surface area (Å²) < 4.78 is 17.5. The molecule has 1 aliphatic carbocycles. The molecule has 5 aromatic heterocycles. The van der Waals surface area contributed by atoms with Gasteiger partial charge >= 0.3 is 0 Å². The molecule has 1 aliphatic rings. The molecule has 284 valence electrons. The first kappa shape index (κ1) is 35.5. The summed E-state index contributed by atoms with van der Waals surface area (Å²) in [6, 6.07) is 32.3. The fraction of sp³-hybridized carbons (Fsp3) is 0.182. The second-order valence-electron chi connectivity index (χ2n) is 14.6. The molecule has 9 aromatic rings. The summed E-state index contributed by atoms with van der Waals surface area (Å²) in [5, 5.41) is 16.9. The van der Waals surface area contributed by atoms with Crippen LogP contribution in [0.1, 0.15) is 42.6 Å². The summed E-state index contributed by atoms with van der Waals surface area (Å²) in [5.41, 5.74) is 10.6. The average Bonchev–Trinajstić information content (AvgIpc) is 3.58. The molecule has 4 aromatic carbocycles. The molecule has 1 saturated carbocycles. The van der Waals surface area contributed by atoms with Gasteiger partial charge in [-0.1, -0.05) is 62.4 Å². The fourth-order valence-electron chi connectivity index (χ4n) is 6.77. The Morgan fingerprint density at radius 2 is 1.39 bits per heavy atom. The molecule has 12 nitrogen and oxygen atoms in total. The summed E-state index contributed by atoms with van der Waals surface area (Å²) in [4.78, 5) is 31.2. The van der Waals surface area contributed by atoms with Gasteiger partial charge in [-0.2, -0.15) is 5.10 Å². The van der Waals surface area contributed by atoms with Crippen molar-refractivity contribution in [3.05, 3.63) is 139 Å². The van der Waals surface area contributed by atoms with Crippen LogP contribution in [0.15, 0.2) is 122 Å². The van der Waals surface area contributed by atoms with Gasteiger partial charge in [-0.3, -0.25) is 18.7 Å². The Morgan fingerprint density at radius 3 is 2.00 bits per heavy atom. The number of nitrogens with one attached hydrogen (secondary N) is 4. The van der Waals surface area contributed by atoms with Crippen molar-refractivity contribution >= 4 is 50.9 Å². The van der Waals surface area contributed by atoms with Crippen LogP contribution < -0.4 is 16.0 Å². The van der Waals surface area contributed by atoms with Crippen molar-refractivity contribution in [2.75, 3.05) is 17.2 Å². The lowest BCUT2D eigenvalue weighted by atomic mass is 10.1. The van der Waals surface area contributed by atoms with E-state index in [1.165, 1.54) is 12.1 Å². The summed E-state index contributed by atoms with van der Waals surface area (Å²) in [7, 11) is 0. The zero-order valence-corrected chi connectivity index (χ0v) is 31.4. The van der Waals surface area contributed by atoms with Gasteiger partial charge in [0.1, 0.15) is 5.82 Å². The first-order chi connectivity index (χ1) is 27.9. The molecular formula is C44H40FN11O. The van der Waals surface area contributed by atoms with Crippen molar-refractivity contribution < 1.29 is 9.18 Å². The number of benzene rings is 4. The third kappa shape index (κ3) is 7.34. The van der Waals surface area contributed by atoms with Crippen LogP contribution in [0.5, 0.6) is 0 Å². The molecule has 57 heavy (non-hydrogen) atoms. The van der Waals surface area contributed by atoms with Crippen LogP contribution >= 0.6 is 0 Å². The highest BCUT2D eigenvalue weighted by atomic mass is 19.1. The van der Waals surface area contributed by atoms with Crippen molar-refractivity contribution in [3.8, 4) is 22.6 Å². The number of fused-ring (bicyclic) bond motifs is 6. The van der Waals surface area contributed by atoms with E-state index >= 15 is 0 Å². The minimum absolute atomic E-state index is 0.0332. The highest BCUT2D eigenvalue weighted by Gasteiger charge is 2.24. The first-order valence-electron chi connectivity index (χ1n) is 19.1. The molecule has 0 saturated heterocycles. The lowest BCUT2D eigenvalue weighted by molar-refractivity contribution is 0.0951. The third-order valence-corrected chi connectivity index (χ3v) is 9.84. The normalized spacial score (nSPS) is 12.6. The smallest absolute Gasteiger partial charge is 0.251 e. The van der Waals surface area contributed by atoms with E-state index in [1.54, 1.807) is 18.3 Å². The Kier molecular flexibility index (Phi) is 9.46. The van der Waals surface area contributed by atoms with E-state index in [9.17, 15) is 9.18 Å². The second kappa shape index (κ2) is 15.2. The van der Waals surface area contributed by atoms with E-state index in [-0.39, 0.29) is 11.7 Å². The molecule has 1 fully saturated rings. The van der Waals surface area contributed by atoms with Gasteiger partial charge in [-0.25, -0.2) is 24.3 Å². The van der Waals surface area contributed by atoms with Crippen molar-refractivity contribution in [2.24, 2.45) is 5.92 Å². The minimum atomic E-state index is -0.260. The number of aromatic nitrogens is 8. The molecular weight excluding hydrogens is 718 g/mol. The Morgan fingerprint density at radius 1 is 0.772 bits per heavy atom. The maximum Gasteiger partial charge on any atom is 0.251 e. The van der Waals surface area contributed by atoms with Gasteiger partial charge in [-0.15, -0.1) is 0 Å². The molecule has 0 unspecified atom stereocenters. The third-order valence-electron chi connectivity index (χ3n) is 9.84. The maximum absolute atomic E-state index is 13.3. The topological polar surface area (TPSA) is 142 Å². The number of anilines is 2. The van der Waals surface area contributed by atoms with Gasteiger partial charge in [-0.05, 0) is 78.9 Å². The number of carbonyl (C=O) groups excluding carboxylic acids is 1. The number of H-pyrrole nitrogens is 1. The molecule has 1 amide bonds. The van der Waals surface area contributed by atoms with E-state index in [4.69, 9.17) is 9.97 Å². The molecule has 5 heterocycles. The van der Waals surface area contributed by atoms with Crippen molar-refractivity contribution in [3.63, 3.8) is 0 Å². The zero-order valence-electron chi connectivity index (χ0n) is 31.4. The van der Waals surface area contributed by atoms with Gasteiger partial charge in [0, 0.05) is 36.5 Å². The summed E-state index contributed by atoms with van der Waals surface area (Å²) >= 11 is 0. The Bertz CT molecular complexity index is 2840. The van der Waals surface area contributed by atoms with Crippen LogP contribution in [-0.2, 0) is 6.54 Å². The van der Waals surface area contributed by atoms with Gasteiger partial charge in [0.05, 0.1) is 51.5 Å². The van der Waals surface area contributed by atoms with Crippen LogP contribution in [0.25, 0.3) is 56.0 Å². The van der Waals surface area contributed by atoms with E-state index in [1.807, 2.05) is 85.2 Å². The number of aromatic amines is 1. The number of nitrogens with zero attached hydrogens (tertiary/aromatic N) is 7. The van der Waals surface area contributed by atoms with Crippen LogP contribution in [0.3, 0.4) is 0 Å². The molecule has 0 spiro atoms. The lowest BCUT2D eigenvalue weighted by Gasteiger charge is -2.12. The molecule has 0 radical (unpaired) electrons. The monoisotopic (exact) mass is 757 g/mol. The minimum Gasteiger partial charge on any atom is -0.367 e. The SMILES string of the molecule is CC(C)CNc1nc2ccccc2n2c(-c3ccn[nH]3)cnc12.O=C(NC1CC1)c1ccc(-c2cnc3c(NCc4ccc(F)cc4)nc4ccccc4n23)cc1. The number of para-hydroxylation sites is 4. The van der Waals surface area contributed by atoms with Crippen molar-refractivity contribution in [1.82, 2.24) is 44.3 Å². The average molecular weight is 758 g/mol. The van der Waals surface area contributed by atoms with Crippen molar-refractivity contribution in [2.45, 2.75) is 39.3 Å². The standard InChI is InChI=1S/C27H22FN5O.C17H18N6/c28-20-11-5-17(6-12-20)15-29-25-26-30-16-24(33(26)23-4-2-1-3-22(23)32-25)18-7-9-19(10-8-18)27(34)31-21-13-14-21;1-11(2)9-18-16-17-19-10-15(13-7-8-20-22-13)23(17)14-6-4-3-5-12(14)21-16/h1-12,16,21H,13-15H2,(H,29,32)(H,31,34);3-8,10-11H,9H2,1-2H3,(H,18,21)(H,20,22). The number of hydrogen-bond donors (Lipinski definition) is 4. The quantitative estimate of drug-likeness (QED) is 0.109. The van der Waals surface area contributed by atoms with Gasteiger partial charge in [0.25, 0.3) is 5.91 Å². The predicted octanol–water partition coefficient (Wildman–Crippen LogP) is 8.53. The molecule has 0 atom stereocenters. The lowest BCUT2D eigenvalue weighted by Crippen LogP contribution is -2.25. The summed E-state index contributed by atoms with van der Waals surface area (Å²) in [6.45, 7) is 5.70. The maximum atomic E-state index is 13.3. The van der Waals surface area contributed by atoms with Crippen LogP contribution in [0.2, 0.25) is 0 Å². The van der Waals surface area contributed by atoms with Gasteiger partial charge < -0.3 is 16.0 Å². The Labute approximate surface area is 327 Å². The first-order valence-corrected chi connectivity index (χ1v) is 19.1. The van der Waals surface area contributed by atoms with E-state index in [2.05, 4.69) is 64.8 Å². The second-order valence-corrected chi connectivity index (χ2v) is 14.6. The largest absolute Gasteiger partial charge is 0.367 e. The van der Waals surface area contributed by atoms with Gasteiger partial charge in [0.2, 0.25) is 0 Å². The number of halogens is 1. The van der Waals surface area contributed by atoms with Crippen LogP contribution in [-0.4, -0.2) is 57.4 Å². The number of amides is 1. The van der Waals surface area contributed by atoms with Crippen LogP contribution in [0.4, 0.5) is 16.0 Å². The molecule has 0 aliphatic heterocycles. The number of rotatable bonds is 10. The van der Waals surface area contributed by atoms with E-state index in [0.717, 1.165) is 81.1 Å². The Hall–Kier alpha value is -7.15. The highest BCUT2D eigenvalue weighted by Crippen LogP contribution is 2.30. The van der Waals surface area contributed by atoms with Gasteiger partial charge in [0.15, 0.2) is 22.9 Å². The zero-order chi connectivity index (χ0) is 38.9. The molecule has 4 N–H and O–H groups in total. The van der Waals surface area contributed by atoms with E-state index in [0.29, 0.717) is 35.5 Å². The summed E-state index contributed by atoms with van der Waals surface area (Å²) in [5.74, 6) is 1.70. The highest BCUT2D eigenvalue weighted by molar-refractivity contribution is 5.95. The van der Waals surface area contributed by atoms with Crippen molar-refractivity contribution in [1.29, 1.82) is 0 Å². The van der Waals surface area contributed by atoms with Crippen LogP contribution in [0, 0.1) is 11.7 Å². The fourth-order valence-corrected chi connectivity index (χ4v) is 6.77. The number of imidazole rings is 2. The molecule has 13 heteroatoms. The predicted molar refractivity (Wildman–Crippen MR) is 222 cm³/mol. The molecule has 10 rings (SSSR count). The number of carbonyl (C=O) groups is 1. The molecule has 0 bridgehead atoms. The Balaban J connectivity index is 0.000000160. The van der Waals surface area contributed by atoms with E-state index < -0.39 is 0 Å². The number of hydrogen-bond acceptors (Lipinski definition) is 8. The summed E-state index contributed by atoms with van der Waals surface area (Å²) in [6.07, 6.45) is 7.55.